The van der Waals surface area contributed by atoms with Crippen LogP contribution in [0, 0.1) is 12.8 Å². The molecule has 1 aliphatic carbocycles. The van der Waals surface area contributed by atoms with Crippen LogP contribution in [0.2, 0.25) is 0 Å². The van der Waals surface area contributed by atoms with Crippen molar-refractivity contribution in [3.63, 3.8) is 0 Å². The number of aromatic nitrogens is 4. The molecular formula is C25H26F2N4O3. The molecule has 0 radical (unpaired) electrons. The third-order valence-corrected chi connectivity index (χ3v) is 5.68. The van der Waals surface area contributed by atoms with Gasteiger partial charge in [0.05, 0.1) is 37.9 Å². The summed E-state index contributed by atoms with van der Waals surface area (Å²) in [7, 11) is 1.60. The minimum Gasteiger partial charge on any atom is -0.496 e. The highest BCUT2D eigenvalue weighted by Crippen LogP contribution is 2.42. The number of hydrogen-bond donors (Lipinski definition) is 0. The highest BCUT2D eigenvalue weighted by molar-refractivity contribution is 5.92. The molecule has 0 saturated heterocycles. The lowest BCUT2D eigenvalue weighted by molar-refractivity contribution is -0.129. The average molecular weight is 469 g/mol. The maximum Gasteiger partial charge on any atom is 0.248 e. The Morgan fingerprint density at radius 1 is 1.18 bits per heavy atom. The van der Waals surface area contributed by atoms with Crippen molar-refractivity contribution in [3.8, 4) is 16.9 Å². The molecule has 34 heavy (non-hydrogen) atoms. The fourth-order valence-corrected chi connectivity index (χ4v) is 4.01. The largest absolute Gasteiger partial charge is 0.496 e. The van der Waals surface area contributed by atoms with Crippen molar-refractivity contribution in [3.05, 3.63) is 65.0 Å². The fourth-order valence-electron chi connectivity index (χ4n) is 4.01. The Labute approximate surface area is 196 Å². The molecule has 0 N–H and O–H groups in total. The summed E-state index contributed by atoms with van der Waals surface area (Å²) in [5.74, 6) is -1.75. The third-order valence-electron chi connectivity index (χ3n) is 5.68. The second-order valence-electron chi connectivity index (χ2n) is 8.66. The van der Waals surface area contributed by atoms with E-state index in [0.717, 1.165) is 22.4 Å². The number of ether oxygens (including phenoxy) is 2. The summed E-state index contributed by atoms with van der Waals surface area (Å²) < 4.78 is 37.2. The molecule has 9 heteroatoms. The molecule has 178 valence electrons. The molecule has 1 aliphatic rings. The van der Waals surface area contributed by atoms with E-state index in [1.165, 1.54) is 6.92 Å². The number of methoxy groups -OCH3 is 1. The molecule has 2 aromatic heterocycles. The van der Waals surface area contributed by atoms with Gasteiger partial charge < -0.3 is 9.47 Å². The number of carbonyl (C=O) groups is 1. The molecule has 1 fully saturated rings. The van der Waals surface area contributed by atoms with Crippen molar-refractivity contribution in [2.75, 3.05) is 13.7 Å². The first-order chi connectivity index (χ1) is 16.2. The maximum atomic E-state index is 13.0. The van der Waals surface area contributed by atoms with Crippen molar-refractivity contribution < 1.29 is 23.0 Å². The molecule has 0 amide bonds. The van der Waals surface area contributed by atoms with E-state index in [2.05, 4.69) is 20.2 Å². The van der Waals surface area contributed by atoms with E-state index in [1.807, 2.05) is 31.2 Å². The van der Waals surface area contributed by atoms with E-state index in [9.17, 15) is 13.6 Å². The summed E-state index contributed by atoms with van der Waals surface area (Å²) in [5, 5.41) is 8.00. The van der Waals surface area contributed by atoms with E-state index >= 15 is 0 Å². The van der Waals surface area contributed by atoms with Gasteiger partial charge in [0.15, 0.2) is 5.78 Å². The van der Waals surface area contributed by atoms with E-state index in [0.29, 0.717) is 29.4 Å². The van der Waals surface area contributed by atoms with Crippen LogP contribution in [0.5, 0.6) is 5.75 Å². The molecular weight excluding hydrogens is 442 g/mol. The highest BCUT2D eigenvalue weighted by Gasteiger charge is 2.45. The first kappa shape index (κ1) is 23.8. The summed E-state index contributed by atoms with van der Waals surface area (Å²) in [6.07, 6.45) is 1.77. The number of benzene rings is 1. The number of hydrogen-bond acceptors (Lipinski definition) is 7. The van der Waals surface area contributed by atoms with Gasteiger partial charge in [-0.25, -0.2) is 18.7 Å². The SMILES string of the molecule is COc1cc(Cc2nc(COCC3CC(F)(F)C3)cc(C(C)=O)n2)ccc1-c1cnnc(C)c1. The fraction of sp³-hybridized carbons (Fsp3) is 0.400. The van der Waals surface area contributed by atoms with Gasteiger partial charge in [0.1, 0.15) is 17.3 Å². The summed E-state index contributed by atoms with van der Waals surface area (Å²) in [6.45, 7) is 3.69. The van der Waals surface area contributed by atoms with E-state index in [-0.39, 0.29) is 37.8 Å². The molecule has 1 saturated carbocycles. The van der Waals surface area contributed by atoms with Gasteiger partial charge in [-0.2, -0.15) is 10.2 Å². The molecule has 0 bridgehead atoms. The Morgan fingerprint density at radius 2 is 1.97 bits per heavy atom. The van der Waals surface area contributed by atoms with Crippen molar-refractivity contribution in [1.82, 2.24) is 20.2 Å². The van der Waals surface area contributed by atoms with Crippen LogP contribution in [-0.2, 0) is 17.8 Å². The monoisotopic (exact) mass is 468 g/mol. The van der Waals surface area contributed by atoms with Crippen LogP contribution in [-0.4, -0.2) is 45.6 Å². The Morgan fingerprint density at radius 3 is 2.65 bits per heavy atom. The van der Waals surface area contributed by atoms with Crippen LogP contribution in [0.15, 0.2) is 36.5 Å². The van der Waals surface area contributed by atoms with Crippen LogP contribution in [0.3, 0.4) is 0 Å². The number of aryl methyl sites for hydroxylation is 1. The molecule has 7 nitrogen and oxygen atoms in total. The number of ketones is 1. The van der Waals surface area contributed by atoms with Gasteiger partial charge in [-0.3, -0.25) is 4.79 Å². The summed E-state index contributed by atoms with van der Waals surface area (Å²) in [5.41, 5.74) is 4.33. The van der Waals surface area contributed by atoms with Gasteiger partial charge >= 0.3 is 0 Å². The first-order valence-electron chi connectivity index (χ1n) is 11.0. The van der Waals surface area contributed by atoms with Crippen molar-refractivity contribution >= 4 is 5.78 Å². The zero-order chi connectivity index (χ0) is 24.3. The number of nitrogens with zero attached hydrogens (tertiary/aromatic N) is 4. The van der Waals surface area contributed by atoms with Crippen LogP contribution in [0.25, 0.3) is 11.1 Å². The smallest absolute Gasteiger partial charge is 0.248 e. The average Bonchev–Trinajstić information content (AvgIpc) is 2.77. The predicted molar refractivity (Wildman–Crippen MR) is 121 cm³/mol. The second-order valence-corrected chi connectivity index (χ2v) is 8.66. The summed E-state index contributed by atoms with van der Waals surface area (Å²) in [6, 6.07) is 9.31. The molecule has 0 aliphatic heterocycles. The third kappa shape index (κ3) is 5.77. The number of alkyl halides is 2. The normalized spacial score (nSPS) is 15.1. The number of carbonyl (C=O) groups excluding carboxylic acids is 1. The number of halogens is 2. The lowest BCUT2D eigenvalue weighted by Gasteiger charge is -2.34. The van der Waals surface area contributed by atoms with E-state index < -0.39 is 5.92 Å². The van der Waals surface area contributed by atoms with Crippen LogP contribution in [0.1, 0.15) is 53.0 Å². The topological polar surface area (TPSA) is 87.1 Å². The predicted octanol–water partition coefficient (Wildman–Crippen LogP) is 4.61. The summed E-state index contributed by atoms with van der Waals surface area (Å²) >= 11 is 0. The van der Waals surface area contributed by atoms with Gasteiger partial charge in [0.2, 0.25) is 5.92 Å². The van der Waals surface area contributed by atoms with Gasteiger partial charge in [0.25, 0.3) is 0 Å². The Balaban J connectivity index is 1.50. The molecule has 4 rings (SSSR count). The first-order valence-corrected chi connectivity index (χ1v) is 11.0. The zero-order valence-electron chi connectivity index (χ0n) is 19.3. The van der Waals surface area contributed by atoms with Crippen LogP contribution in [0.4, 0.5) is 8.78 Å². The molecule has 3 aromatic rings. The molecule has 0 spiro atoms. The van der Waals surface area contributed by atoms with Gasteiger partial charge in [0, 0.05) is 37.3 Å². The maximum absolute atomic E-state index is 13.0. The van der Waals surface area contributed by atoms with Crippen molar-refractivity contribution in [1.29, 1.82) is 0 Å². The highest BCUT2D eigenvalue weighted by atomic mass is 19.3. The standard InChI is InChI=1S/C25H26F2N4O3/c1-15-6-19(12-28-31-15)21-5-4-17(7-23(21)33-3)8-24-29-20(9-22(30-24)16(2)32)14-34-13-18-10-25(26,27)11-18/h4-7,9,12,18H,8,10-11,13-14H2,1-3H3. The van der Waals surface area contributed by atoms with E-state index in [1.54, 1.807) is 19.4 Å². The minimum atomic E-state index is -2.57. The number of Topliss-reactive ketones (excluding diaryl/α,β-unsaturated/α-hetero) is 1. The van der Waals surface area contributed by atoms with Crippen LogP contribution < -0.4 is 4.74 Å². The Bertz CT molecular complexity index is 1190. The molecule has 0 atom stereocenters. The lowest BCUT2D eigenvalue weighted by atomic mass is 9.82. The van der Waals surface area contributed by atoms with Crippen molar-refractivity contribution in [2.45, 2.75) is 45.6 Å². The Hall–Kier alpha value is -3.33. The van der Waals surface area contributed by atoms with Gasteiger partial charge in [-0.15, -0.1) is 0 Å². The molecule has 0 unspecified atom stereocenters. The lowest BCUT2D eigenvalue weighted by Crippen LogP contribution is -2.37. The molecule has 2 heterocycles. The minimum absolute atomic E-state index is 0.133. The Kier molecular flexibility index (Phi) is 6.92. The number of rotatable bonds is 9. The van der Waals surface area contributed by atoms with Gasteiger partial charge in [-0.05, 0) is 36.6 Å². The second kappa shape index (κ2) is 9.89. The van der Waals surface area contributed by atoms with Gasteiger partial charge in [-0.1, -0.05) is 12.1 Å². The quantitative estimate of drug-likeness (QED) is 0.424. The van der Waals surface area contributed by atoms with E-state index in [4.69, 9.17) is 9.47 Å². The van der Waals surface area contributed by atoms with Crippen LogP contribution >= 0.6 is 0 Å². The summed E-state index contributed by atoms with van der Waals surface area (Å²) in [4.78, 5) is 20.9. The van der Waals surface area contributed by atoms with Crippen molar-refractivity contribution in [2.24, 2.45) is 5.92 Å². The molecule has 1 aromatic carbocycles. The zero-order valence-corrected chi connectivity index (χ0v) is 19.3.